The Morgan fingerprint density at radius 3 is 1.92 bits per heavy atom. The zero-order chi connectivity index (χ0) is 10.3. The highest BCUT2D eigenvalue weighted by Gasteiger charge is 2.33. The van der Waals surface area contributed by atoms with Crippen LogP contribution < -0.4 is 0 Å². The van der Waals surface area contributed by atoms with Crippen molar-refractivity contribution in [3.8, 4) is 0 Å². The predicted octanol–water partition coefficient (Wildman–Crippen LogP) is 1.56. The lowest BCUT2D eigenvalue weighted by Crippen LogP contribution is -2.19. The summed E-state index contributed by atoms with van der Waals surface area (Å²) < 4.78 is 25.9. The van der Waals surface area contributed by atoms with Crippen molar-refractivity contribution in [2.24, 2.45) is 0 Å². The van der Waals surface area contributed by atoms with E-state index in [1.165, 1.54) is 0 Å². The summed E-state index contributed by atoms with van der Waals surface area (Å²) in [5.41, 5.74) is 0. The first-order valence-electron chi connectivity index (χ1n) is 4.28. The first-order valence-corrected chi connectivity index (χ1v) is 5.93. The number of rotatable bonds is 7. The fourth-order valence-corrected chi connectivity index (χ4v) is 1.93. The van der Waals surface area contributed by atoms with E-state index in [1.54, 1.807) is 20.8 Å². The average Bonchev–Trinajstić information content (AvgIpc) is 2.04. The zero-order valence-electron chi connectivity index (χ0n) is 8.23. The van der Waals surface area contributed by atoms with Crippen molar-refractivity contribution >= 4 is 7.60 Å². The maximum absolute atomic E-state index is 11.4. The third-order valence-corrected chi connectivity index (χ3v) is 2.66. The summed E-state index contributed by atoms with van der Waals surface area (Å²) in [5, 5.41) is 0. The molecule has 0 radical (unpaired) electrons. The van der Waals surface area contributed by atoms with E-state index in [1.807, 2.05) is 0 Å². The number of hydrogen-bond donors (Lipinski definition) is 1. The van der Waals surface area contributed by atoms with Crippen molar-refractivity contribution in [2.45, 2.75) is 26.8 Å². The minimum atomic E-state index is -3.78. The van der Waals surface area contributed by atoms with Gasteiger partial charge in [0.2, 0.25) is 0 Å². The summed E-state index contributed by atoms with van der Waals surface area (Å²) in [6.07, 6.45) is 0. The fraction of sp³-hybridized carbons (Fsp3) is 1.00. The minimum absolute atomic E-state index is 0.157. The van der Waals surface area contributed by atoms with E-state index < -0.39 is 13.6 Å². The Kier molecular flexibility index (Phi) is 6.55. The molecule has 0 rings (SSSR count). The van der Waals surface area contributed by atoms with Crippen LogP contribution in [0.1, 0.15) is 20.8 Å². The molecule has 13 heavy (non-hydrogen) atoms. The summed E-state index contributed by atoms with van der Waals surface area (Å²) in [7, 11) is -3.78. The Bertz CT molecular complexity index is 166. The molecule has 0 aliphatic heterocycles. The molecule has 0 spiro atoms. The fourth-order valence-electron chi connectivity index (χ4n) is 0.767. The van der Waals surface area contributed by atoms with E-state index in [9.17, 15) is 9.46 Å². The van der Waals surface area contributed by atoms with Gasteiger partial charge in [0.1, 0.15) is 0 Å². The van der Waals surface area contributed by atoms with E-state index in [4.69, 9.17) is 9.47 Å². The van der Waals surface area contributed by atoms with Crippen molar-refractivity contribution in [1.29, 1.82) is 0 Å². The predicted molar refractivity (Wildman–Crippen MR) is 48.5 cm³/mol. The van der Waals surface area contributed by atoms with Gasteiger partial charge in [-0.3, -0.25) is 4.57 Å². The van der Waals surface area contributed by atoms with Crippen LogP contribution >= 0.6 is 7.60 Å². The van der Waals surface area contributed by atoms with E-state index in [-0.39, 0.29) is 6.61 Å². The van der Waals surface area contributed by atoms with Crippen LogP contribution in [0.15, 0.2) is 0 Å². The van der Waals surface area contributed by atoms with Gasteiger partial charge in [-0.2, -0.15) is 0 Å². The van der Waals surface area contributed by atoms with Gasteiger partial charge in [0.15, 0.2) is 0 Å². The Hall–Kier alpha value is 0.0700. The van der Waals surface area contributed by atoms with Gasteiger partial charge < -0.3 is 18.9 Å². The molecule has 0 aliphatic carbocycles. The smallest absolute Gasteiger partial charge is 0.343 e. The lowest BCUT2D eigenvalue weighted by molar-refractivity contribution is -0.0958. The average molecular weight is 212 g/mol. The van der Waals surface area contributed by atoms with Crippen LogP contribution in [-0.4, -0.2) is 30.7 Å². The molecule has 0 aromatic rings. The Labute approximate surface area is 78.5 Å². The van der Waals surface area contributed by atoms with Gasteiger partial charge in [-0.05, 0) is 20.8 Å². The molecule has 0 amide bonds. The van der Waals surface area contributed by atoms with E-state index >= 15 is 0 Å². The molecular weight excluding hydrogens is 195 g/mol. The van der Waals surface area contributed by atoms with Gasteiger partial charge in [0.25, 0.3) is 6.03 Å². The second-order valence-corrected chi connectivity index (χ2v) is 4.01. The number of ether oxygens (including phenoxy) is 2. The van der Waals surface area contributed by atoms with Crippen LogP contribution in [0.4, 0.5) is 0 Å². The van der Waals surface area contributed by atoms with Crippen molar-refractivity contribution in [3.05, 3.63) is 0 Å². The topological polar surface area (TPSA) is 65.0 Å². The Morgan fingerprint density at radius 1 is 1.15 bits per heavy atom. The summed E-state index contributed by atoms with van der Waals surface area (Å²) in [4.78, 5) is 9.32. The summed E-state index contributed by atoms with van der Waals surface area (Å²) in [6, 6.07) is -1.16. The van der Waals surface area contributed by atoms with Gasteiger partial charge in [0, 0.05) is 13.2 Å². The maximum atomic E-state index is 11.4. The van der Waals surface area contributed by atoms with E-state index in [0.29, 0.717) is 13.2 Å². The number of hydrogen-bond acceptors (Lipinski definition) is 4. The third-order valence-electron chi connectivity index (χ3n) is 1.20. The SMILES string of the molecule is CCOC(OCC)P(=O)(O)OCC. The Balaban J connectivity index is 4.23. The van der Waals surface area contributed by atoms with Crippen molar-refractivity contribution < 1.29 is 23.5 Å². The van der Waals surface area contributed by atoms with E-state index in [0.717, 1.165) is 0 Å². The highest BCUT2D eigenvalue weighted by molar-refractivity contribution is 7.53. The zero-order valence-corrected chi connectivity index (χ0v) is 9.12. The van der Waals surface area contributed by atoms with Gasteiger partial charge in [-0.15, -0.1) is 0 Å². The largest absolute Gasteiger partial charge is 0.383 e. The second kappa shape index (κ2) is 6.51. The van der Waals surface area contributed by atoms with Gasteiger partial charge in [-0.1, -0.05) is 0 Å². The molecule has 5 nitrogen and oxygen atoms in total. The molecule has 0 aromatic heterocycles. The van der Waals surface area contributed by atoms with Gasteiger partial charge in [0.05, 0.1) is 6.61 Å². The first-order chi connectivity index (χ1) is 6.08. The molecule has 0 aromatic carbocycles. The van der Waals surface area contributed by atoms with Crippen LogP contribution in [0, 0.1) is 0 Å². The van der Waals surface area contributed by atoms with Crippen molar-refractivity contribution in [2.75, 3.05) is 19.8 Å². The molecule has 0 bridgehead atoms. The van der Waals surface area contributed by atoms with Crippen LogP contribution in [0.3, 0.4) is 0 Å². The normalized spacial score (nSPS) is 16.1. The van der Waals surface area contributed by atoms with Crippen LogP contribution in [0.2, 0.25) is 0 Å². The molecule has 1 atom stereocenters. The van der Waals surface area contributed by atoms with Crippen LogP contribution in [0.25, 0.3) is 0 Å². The molecule has 80 valence electrons. The lowest BCUT2D eigenvalue weighted by atomic mass is 10.9. The second-order valence-electron chi connectivity index (χ2n) is 2.20. The standard InChI is InChI=1S/C7H17O5P/c1-4-10-7(11-5-2)13(8,9)12-6-3/h7H,4-6H2,1-3H3,(H,8,9). The van der Waals surface area contributed by atoms with Crippen LogP contribution in [-0.2, 0) is 18.6 Å². The molecule has 0 fully saturated rings. The highest BCUT2D eigenvalue weighted by atomic mass is 31.2. The molecule has 0 saturated carbocycles. The molecule has 1 unspecified atom stereocenters. The Morgan fingerprint density at radius 2 is 1.62 bits per heavy atom. The van der Waals surface area contributed by atoms with E-state index in [2.05, 4.69) is 4.52 Å². The summed E-state index contributed by atoms with van der Waals surface area (Å²) in [5.74, 6) is 0. The molecule has 0 saturated heterocycles. The van der Waals surface area contributed by atoms with Crippen molar-refractivity contribution in [1.82, 2.24) is 0 Å². The first kappa shape index (κ1) is 13.1. The quantitative estimate of drug-likeness (QED) is 0.512. The minimum Gasteiger partial charge on any atom is -0.343 e. The van der Waals surface area contributed by atoms with Crippen molar-refractivity contribution in [3.63, 3.8) is 0 Å². The molecule has 6 heteroatoms. The lowest BCUT2D eigenvalue weighted by Gasteiger charge is -2.21. The molecular formula is C7H17O5P. The monoisotopic (exact) mass is 212 g/mol. The highest BCUT2D eigenvalue weighted by Crippen LogP contribution is 2.48. The summed E-state index contributed by atoms with van der Waals surface area (Å²) in [6.45, 7) is 5.85. The molecule has 0 aliphatic rings. The summed E-state index contributed by atoms with van der Waals surface area (Å²) >= 11 is 0. The van der Waals surface area contributed by atoms with Gasteiger partial charge >= 0.3 is 7.60 Å². The van der Waals surface area contributed by atoms with Crippen LogP contribution in [0.5, 0.6) is 0 Å². The molecule has 1 N–H and O–H groups in total. The molecule has 0 heterocycles. The van der Waals surface area contributed by atoms with Gasteiger partial charge in [-0.25, -0.2) is 0 Å². The third kappa shape index (κ3) is 4.74. The maximum Gasteiger partial charge on any atom is 0.383 e.